The topological polar surface area (TPSA) is 81.7 Å². The third-order valence-corrected chi connectivity index (χ3v) is 4.98. The molecular weight excluding hydrogens is 282 g/mol. The molecule has 1 amide bonds. The van der Waals surface area contributed by atoms with Gasteiger partial charge in [0.1, 0.15) is 0 Å². The molecule has 1 aliphatic heterocycles. The van der Waals surface area contributed by atoms with E-state index in [2.05, 4.69) is 5.32 Å². The van der Waals surface area contributed by atoms with E-state index in [-0.39, 0.29) is 23.5 Å². The quantitative estimate of drug-likeness (QED) is 0.881. The van der Waals surface area contributed by atoms with Crippen LogP contribution in [0.1, 0.15) is 16.8 Å². The van der Waals surface area contributed by atoms with Gasteiger partial charge in [0.2, 0.25) is 0 Å². The molecule has 1 heterocycles. The highest BCUT2D eigenvalue weighted by atomic mass is 32.2. The van der Waals surface area contributed by atoms with Gasteiger partial charge in [-0.05, 0) is 24.6 Å². The summed E-state index contributed by atoms with van der Waals surface area (Å²) in [6.45, 7) is 0. The molecule has 1 unspecified atom stereocenters. The van der Waals surface area contributed by atoms with E-state index in [4.69, 9.17) is 9.47 Å². The fourth-order valence-corrected chi connectivity index (χ4v) is 3.83. The third kappa shape index (κ3) is 3.22. The number of methoxy groups -OCH3 is 2. The summed E-state index contributed by atoms with van der Waals surface area (Å²) in [7, 11) is -0.00215. The van der Waals surface area contributed by atoms with Crippen LogP contribution in [0.15, 0.2) is 18.2 Å². The fourth-order valence-electron chi connectivity index (χ4n) is 2.16. The van der Waals surface area contributed by atoms with Crippen molar-refractivity contribution in [2.45, 2.75) is 12.5 Å². The molecule has 7 heteroatoms. The molecule has 0 saturated carbocycles. The van der Waals surface area contributed by atoms with Crippen molar-refractivity contribution in [3.05, 3.63) is 23.8 Å². The van der Waals surface area contributed by atoms with Crippen LogP contribution < -0.4 is 14.8 Å². The molecule has 1 aromatic rings. The van der Waals surface area contributed by atoms with E-state index in [1.807, 2.05) is 0 Å². The van der Waals surface area contributed by atoms with Crippen LogP contribution in [0.5, 0.6) is 11.5 Å². The van der Waals surface area contributed by atoms with Gasteiger partial charge in [-0.3, -0.25) is 4.79 Å². The number of sulfone groups is 1. The van der Waals surface area contributed by atoms with Crippen molar-refractivity contribution >= 4 is 15.7 Å². The van der Waals surface area contributed by atoms with Crippen LogP contribution >= 0.6 is 0 Å². The predicted molar refractivity (Wildman–Crippen MR) is 74.1 cm³/mol. The van der Waals surface area contributed by atoms with Gasteiger partial charge >= 0.3 is 0 Å². The number of nitrogens with one attached hydrogen (secondary N) is 1. The second kappa shape index (κ2) is 5.70. The van der Waals surface area contributed by atoms with Crippen LogP contribution in [0.3, 0.4) is 0 Å². The van der Waals surface area contributed by atoms with Crippen LogP contribution in [0, 0.1) is 0 Å². The molecule has 0 radical (unpaired) electrons. The minimum atomic E-state index is -3.01. The first kappa shape index (κ1) is 14.6. The van der Waals surface area contributed by atoms with Gasteiger partial charge in [-0.1, -0.05) is 0 Å². The van der Waals surface area contributed by atoms with E-state index in [0.29, 0.717) is 23.5 Å². The minimum absolute atomic E-state index is 0.00598. The second-order valence-electron chi connectivity index (χ2n) is 4.64. The van der Waals surface area contributed by atoms with Gasteiger partial charge in [-0.25, -0.2) is 8.42 Å². The molecule has 0 spiro atoms. The average molecular weight is 299 g/mol. The summed E-state index contributed by atoms with van der Waals surface area (Å²) in [5, 5.41) is 2.73. The molecule has 0 aliphatic carbocycles. The molecular formula is C13H17NO5S. The molecule has 0 bridgehead atoms. The first-order valence-electron chi connectivity index (χ1n) is 6.18. The lowest BCUT2D eigenvalue weighted by atomic mass is 10.1. The third-order valence-electron chi connectivity index (χ3n) is 3.21. The van der Waals surface area contributed by atoms with Crippen molar-refractivity contribution in [2.24, 2.45) is 0 Å². The summed E-state index contributed by atoms with van der Waals surface area (Å²) in [6, 6.07) is 4.50. The Morgan fingerprint density at radius 1 is 1.25 bits per heavy atom. The van der Waals surface area contributed by atoms with Crippen molar-refractivity contribution in [3.63, 3.8) is 0 Å². The monoisotopic (exact) mass is 299 g/mol. The maximum absolute atomic E-state index is 12.1. The van der Waals surface area contributed by atoms with Crippen LogP contribution in [0.25, 0.3) is 0 Å². The van der Waals surface area contributed by atoms with Crippen molar-refractivity contribution in [3.8, 4) is 11.5 Å². The maximum Gasteiger partial charge on any atom is 0.251 e. The zero-order valence-electron chi connectivity index (χ0n) is 11.4. The molecule has 2 rings (SSSR count). The molecule has 20 heavy (non-hydrogen) atoms. The highest BCUT2D eigenvalue weighted by molar-refractivity contribution is 7.91. The minimum Gasteiger partial charge on any atom is -0.493 e. The van der Waals surface area contributed by atoms with Gasteiger partial charge in [0.15, 0.2) is 21.3 Å². The van der Waals surface area contributed by atoms with Crippen molar-refractivity contribution in [2.75, 3.05) is 25.7 Å². The first-order valence-corrected chi connectivity index (χ1v) is 8.00. The number of benzene rings is 1. The van der Waals surface area contributed by atoms with E-state index in [0.717, 1.165) is 0 Å². The SMILES string of the molecule is COc1ccc(C(=O)NC2CCS(=O)(=O)C2)cc1OC. The molecule has 1 N–H and O–H groups in total. The number of hydrogen-bond acceptors (Lipinski definition) is 5. The van der Waals surface area contributed by atoms with E-state index in [1.54, 1.807) is 18.2 Å². The van der Waals surface area contributed by atoms with Crippen LogP contribution in [-0.2, 0) is 9.84 Å². The maximum atomic E-state index is 12.1. The first-order chi connectivity index (χ1) is 9.45. The molecule has 1 aliphatic rings. The van der Waals surface area contributed by atoms with Crippen molar-refractivity contribution in [1.29, 1.82) is 0 Å². The van der Waals surface area contributed by atoms with E-state index in [9.17, 15) is 13.2 Å². The Labute approximate surface area is 118 Å². The predicted octanol–water partition coefficient (Wildman–Crippen LogP) is 0.621. The Hall–Kier alpha value is -1.76. The zero-order valence-corrected chi connectivity index (χ0v) is 12.2. The highest BCUT2D eigenvalue weighted by Crippen LogP contribution is 2.27. The van der Waals surface area contributed by atoms with Crippen LogP contribution in [0.2, 0.25) is 0 Å². The number of ether oxygens (including phenoxy) is 2. The average Bonchev–Trinajstić information content (AvgIpc) is 2.76. The lowest BCUT2D eigenvalue weighted by Gasteiger charge is -2.12. The van der Waals surface area contributed by atoms with Gasteiger partial charge in [0.05, 0.1) is 25.7 Å². The Bertz CT molecular complexity index is 611. The van der Waals surface area contributed by atoms with Crippen molar-refractivity contribution in [1.82, 2.24) is 5.32 Å². The summed E-state index contributed by atoms with van der Waals surface area (Å²) in [6.07, 6.45) is 0.460. The van der Waals surface area contributed by atoms with Gasteiger partial charge in [-0.15, -0.1) is 0 Å². The molecule has 1 aromatic carbocycles. The summed E-state index contributed by atoms with van der Waals surface area (Å²) < 4.78 is 32.9. The summed E-state index contributed by atoms with van der Waals surface area (Å²) >= 11 is 0. The summed E-state index contributed by atoms with van der Waals surface area (Å²) in [5.74, 6) is 0.815. The largest absolute Gasteiger partial charge is 0.493 e. The molecule has 0 aromatic heterocycles. The van der Waals surface area contributed by atoms with E-state index >= 15 is 0 Å². The van der Waals surface area contributed by atoms with Crippen LogP contribution in [-0.4, -0.2) is 46.1 Å². The second-order valence-corrected chi connectivity index (χ2v) is 6.87. The number of hydrogen-bond donors (Lipinski definition) is 1. The Morgan fingerprint density at radius 3 is 2.50 bits per heavy atom. The lowest BCUT2D eigenvalue weighted by molar-refractivity contribution is 0.0940. The Kier molecular flexibility index (Phi) is 4.17. The van der Waals surface area contributed by atoms with Gasteiger partial charge in [-0.2, -0.15) is 0 Å². The standard InChI is InChI=1S/C13H17NO5S/c1-18-11-4-3-9(7-12(11)19-2)13(15)14-10-5-6-20(16,17)8-10/h3-4,7,10H,5-6,8H2,1-2H3,(H,14,15). The number of carbonyl (C=O) groups is 1. The lowest BCUT2D eigenvalue weighted by Crippen LogP contribution is -2.35. The fraction of sp³-hybridized carbons (Fsp3) is 0.462. The number of rotatable bonds is 4. The zero-order chi connectivity index (χ0) is 14.8. The summed E-state index contributed by atoms with van der Waals surface area (Å²) in [5.41, 5.74) is 0.409. The number of carbonyl (C=O) groups excluding carboxylic acids is 1. The Morgan fingerprint density at radius 2 is 1.95 bits per heavy atom. The molecule has 1 saturated heterocycles. The van der Waals surface area contributed by atoms with Gasteiger partial charge in [0, 0.05) is 11.6 Å². The van der Waals surface area contributed by atoms with Gasteiger partial charge < -0.3 is 14.8 Å². The Balaban J connectivity index is 2.10. The smallest absolute Gasteiger partial charge is 0.251 e. The van der Waals surface area contributed by atoms with Gasteiger partial charge in [0.25, 0.3) is 5.91 Å². The normalized spacial score (nSPS) is 20.4. The van der Waals surface area contributed by atoms with Crippen molar-refractivity contribution < 1.29 is 22.7 Å². The molecule has 6 nitrogen and oxygen atoms in total. The highest BCUT2D eigenvalue weighted by Gasteiger charge is 2.29. The molecule has 1 fully saturated rings. The van der Waals surface area contributed by atoms with E-state index in [1.165, 1.54) is 14.2 Å². The van der Waals surface area contributed by atoms with E-state index < -0.39 is 9.84 Å². The van der Waals surface area contributed by atoms with Crippen LogP contribution in [0.4, 0.5) is 0 Å². The number of amides is 1. The molecule has 110 valence electrons. The molecule has 1 atom stereocenters. The summed E-state index contributed by atoms with van der Waals surface area (Å²) in [4.78, 5) is 12.1.